The van der Waals surface area contributed by atoms with Crippen molar-refractivity contribution >= 4 is 49.7 Å². The molecule has 2 aromatic heterocycles. The fourth-order valence-electron chi connectivity index (χ4n) is 4.07. The highest BCUT2D eigenvalue weighted by Crippen LogP contribution is 2.44. The van der Waals surface area contributed by atoms with Crippen LogP contribution in [0.1, 0.15) is 27.0 Å². The zero-order valence-corrected chi connectivity index (χ0v) is 20.6. The summed E-state index contributed by atoms with van der Waals surface area (Å²) >= 11 is 1.39. The molecule has 0 aliphatic carbocycles. The number of nitrogens with two attached hydrogens (primary N) is 1. The van der Waals surface area contributed by atoms with Crippen LogP contribution in [0.2, 0.25) is 0 Å². The number of aromatic nitrogens is 1. The molecule has 0 fully saturated rings. The number of pyridine rings is 1. The Morgan fingerprint density at radius 2 is 1.67 bits per heavy atom. The third kappa shape index (κ3) is 4.26. The van der Waals surface area contributed by atoms with Gasteiger partial charge in [0.25, 0.3) is 5.91 Å². The number of anilines is 4. The Labute approximate surface area is 213 Å². The van der Waals surface area contributed by atoms with Crippen molar-refractivity contribution in [2.45, 2.75) is 13.8 Å². The van der Waals surface area contributed by atoms with Crippen LogP contribution in [-0.2, 0) is 0 Å². The maximum absolute atomic E-state index is 13.7. The number of nitriles is 1. The maximum Gasteiger partial charge on any atom is 0.260 e. The van der Waals surface area contributed by atoms with Gasteiger partial charge < -0.3 is 16.4 Å². The molecule has 176 valence electrons. The summed E-state index contributed by atoms with van der Waals surface area (Å²) in [6.07, 6.45) is 0. The van der Waals surface area contributed by atoms with Gasteiger partial charge in [0.05, 0.1) is 10.2 Å². The van der Waals surface area contributed by atoms with Gasteiger partial charge in [-0.1, -0.05) is 66.2 Å². The monoisotopic (exact) mass is 489 g/mol. The molecule has 0 aliphatic heterocycles. The molecule has 5 aromatic rings. The number of para-hydroxylation sites is 1. The Kier molecular flexibility index (Phi) is 6.11. The van der Waals surface area contributed by atoms with Gasteiger partial charge in [-0.05, 0) is 43.2 Å². The third-order valence-electron chi connectivity index (χ3n) is 5.95. The number of nitrogens with zero attached hydrogens (tertiary/aromatic N) is 2. The average Bonchev–Trinajstić information content (AvgIpc) is 3.23. The van der Waals surface area contributed by atoms with Gasteiger partial charge in [-0.25, -0.2) is 4.98 Å². The summed E-state index contributed by atoms with van der Waals surface area (Å²) in [6.45, 7) is 3.99. The molecular weight excluding hydrogens is 466 g/mol. The number of nitrogen functional groups attached to an aromatic ring is 1. The van der Waals surface area contributed by atoms with E-state index in [2.05, 4.69) is 21.7 Å². The molecule has 3 aromatic carbocycles. The second-order valence-corrected chi connectivity index (χ2v) is 9.49. The van der Waals surface area contributed by atoms with E-state index >= 15 is 0 Å². The minimum absolute atomic E-state index is 0.0912. The van der Waals surface area contributed by atoms with Gasteiger partial charge in [-0.15, -0.1) is 11.3 Å². The van der Waals surface area contributed by atoms with Crippen LogP contribution >= 0.6 is 11.3 Å². The third-order valence-corrected chi connectivity index (χ3v) is 7.06. The van der Waals surface area contributed by atoms with E-state index in [0.29, 0.717) is 32.9 Å². The lowest BCUT2D eigenvalue weighted by Crippen LogP contribution is -2.13. The largest absolute Gasteiger partial charge is 0.383 e. The number of carbonyl (C=O) groups excluding carboxylic acids is 1. The van der Waals surface area contributed by atoms with Gasteiger partial charge >= 0.3 is 0 Å². The molecule has 0 bridgehead atoms. The number of hydrogen-bond donors (Lipinski definition) is 3. The zero-order chi connectivity index (χ0) is 25.2. The van der Waals surface area contributed by atoms with Crippen molar-refractivity contribution in [3.05, 3.63) is 101 Å². The van der Waals surface area contributed by atoms with Crippen molar-refractivity contribution in [3.63, 3.8) is 0 Å². The summed E-state index contributed by atoms with van der Waals surface area (Å²) in [5.74, 6) is -0.217. The van der Waals surface area contributed by atoms with Crippen LogP contribution in [0.15, 0.2) is 78.9 Å². The lowest BCUT2D eigenvalue weighted by Gasteiger charge is -2.11. The van der Waals surface area contributed by atoms with Crippen LogP contribution in [0, 0.1) is 25.2 Å². The topological polar surface area (TPSA) is 104 Å². The van der Waals surface area contributed by atoms with Crippen molar-refractivity contribution in [1.82, 2.24) is 4.98 Å². The van der Waals surface area contributed by atoms with E-state index in [1.165, 1.54) is 11.3 Å². The normalized spacial score (nSPS) is 10.7. The number of benzene rings is 3. The Bertz CT molecular complexity index is 1630. The van der Waals surface area contributed by atoms with Crippen LogP contribution in [0.25, 0.3) is 21.3 Å². The Balaban J connectivity index is 1.75. The molecule has 4 N–H and O–H groups in total. The highest BCUT2D eigenvalue weighted by atomic mass is 32.1. The van der Waals surface area contributed by atoms with Crippen molar-refractivity contribution in [3.8, 4) is 17.2 Å². The molecule has 0 saturated heterocycles. The van der Waals surface area contributed by atoms with Gasteiger partial charge in [0.1, 0.15) is 28.0 Å². The molecule has 7 heteroatoms. The second-order valence-electron chi connectivity index (χ2n) is 8.47. The van der Waals surface area contributed by atoms with E-state index in [4.69, 9.17) is 5.73 Å². The predicted molar refractivity (Wildman–Crippen MR) is 148 cm³/mol. The Morgan fingerprint density at radius 3 is 2.36 bits per heavy atom. The molecule has 6 nitrogen and oxygen atoms in total. The summed E-state index contributed by atoms with van der Waals surface area (Å²) in [6, 6.07) is 27.3. The van der Waals surface area contributed by atoms with Crippen LogP contribution in [0.3, 0.4) is 0 Å². The van der Waals surface area contributed by atoms with Gasteiger partial charge in [0, 0.05) is 16.9 Å². The molecule has 0 unspecified atom stereocenters. The van der Waals surface area contributed by atoms with Crippen molar-refractivity contribution in [2.24, 2.45) is 0 Å². The van der Waals surface area contributed by atoms with E-state index in [-0.39, 0.29) is 11.7 Å². The standard InChI is InChI=1S/C29H23N5OS/c1-17-12-14-20(15-13-17)32-28(35)24-25-26(36-29(24)33-22-11-7-6-8-18(22)2)23(19-9-4-3-5-10-19)21(16-30)27(31)34-25/h3-15,33H,1-2H3,(H2,31,34)(H,32,35). The predicted octanol–water partition coefficient (Wildman–Crippen LogP) is 7.03. The number of hydrogen-bond acceptors (Lipinski definition) is 6. The molecule has 0 atom stereocenters. The molecule has 36 heavy (non-hydrogen) atoms. The first-order valence-electron chi connectivity index (χ1n) is 11.4. The number of amides is 1. The lowest BCUT2D eigenvalue weighted by molar-refractivity contribution is 0.102. The molecule has 0 saturated carbocycles. The van der Waals surface area contributed by atoms with E-state index in [9.17, 15) is 10.1 Å². The van der Waals surface area contributed by atoms with Crippen molar-refractivity contribution < 1.29 is 4.79 Å². The summed E-state index contributed by atoms with van der Waals surface area (Å²) in [5, 5.41) is 17.0. The zero-order valence-electron chi connectivity index (χ0n) is 19.8. The summed E-state index contributed by atoms with van der Waals surface area (Å²) in [7, 11) is 0. The number of aryl methyl sites for hydroxylation is 2. The van der Waals surface area contributed by atoms with Crippen LogP contribution in [0.5, 0.6) is 0 Å². The SMILES string of the molecule is Cc1ccc(NC(=O)c2c(Nc3ccccc3C)sc3c(-c4ccccc4)c(C#N)c(N)nc23)cc1. The Hall–Kier alpha value is -4.67. The van der Waals surface area contributed by atoms with E-state index < -0.39 is 0 Å². The number of carbonyl (C=O) groups is 1. The fraction of sp³-hybridized carbons (Fsp3) is 0.0690. The van der Waals surface area contributed by atoms with Crippen LogP contribution in [0.4, 0.5) is 22.2 Å². The first-order chi connectivity index (χ1) is 17.5. The number of thiophene rings is 1. The van der Waals surface area contributed by atoms with Gasteiger partial charge in [-0.2, -0.15) is 5.26 Å². The van der Waals surface area contributed by atoms with Crippen molar-refractivity contribution in [2.75, 3.05) is 16.4 Å². The highest BCUT2D eigenvalue weighted by Gasteiger charge is 2.26. The van der Waals surface area contributed by atoms with Crippen molar-refractivity contribution in [1.29, 1.82) is 5.26 Å². The quantitative estimate of drug-likeness (QED) is 0.246. The molecule has 5 rings (SSSR count). The summed E-state index contributed by atoms with van der Waals surface area (Å²) in [5.41, 5.74) is 12.6. The molecule has 1 amide bonds. The lowest BCUT2D eigenvalue weighted by atomic mass is 10.00. The fourth-order valence-corrected chi connectivity index (χ4v) is 5.30. The number of fused-ring (bicyclic) bond motifs is 1. The minimum atomic E-state index is -0.309. The summed E-state index contributed by atoms with van der Waals surface area (Å²) in [4.78, 5) is 18.3. The van der Waals surface area contributed by atoms with Gasteiger partial charge in [0.2, 0.25) is 0 Å². The second kappa shape index (κ2) is 9.53. The Morgan fingerprint density at radius 1 is 0.972 bits per heavy atom. The van der Waals surface area contributed by atoms with Crippen LogP contribution in [-0.4, -0.2) is 10.9 Å². The smallest absolute Gasteiger partial charge is 0.260 e. The number of rotatable bonds is 5. The highest BCUT2D eigenvalue weighted by molar-refractivity contribution is 7.24. The molecule has 0 aliphatic rings. The molecular formula is C29H23N5OS. The van der Waals surface area contributed by atoms with Crippen LogP contribution < -0.4 is 16.4 Å². The molecule has 0 radical (unpaired) electrons. The number of nitrogens with one attached hydrogen (secondary N) is 2. The van der Waals surface area contributed by atoms with Gasteiger partial charge in [0.15, 0.2) is 0 Å². The van der Waals surface area contributed by atoms with E-state index in [1.807, 2.05) is 92.7 Å². The molecule has 0 spiro atoms. The molecule has 2 heterocycles. The first kappa shape index (κ1) is 23.1. The summed E-state index contributed by atoms with van der Waals surface area (Å²) < 4.78 is 0.720. The van der Waals surface area contributed by atoms with E-state index in [1.54, 1.807) is 0 Å². The minimum Gasteiger partial charge on any atom is -0.383 e. The maximum atomic E-state index is 13.7. The van der Waals surface area contributed by atoms with Gasteiger partial charge in [-0.3, -0.25) is 4.79 Å². The van der Waals surface area contributed by atoms with E-state index in [0.717, 1.165) is 27.1 Å². The first-order valence-corrected chi connectivity index (χ1v) is 12.2. The average molecular weight is 490 g/mol.